The molecule has 0 bridgehead atoms. The van der Waals surface area contributed by atoms with Gasteiger partial charge in [-0.05, 0) is 22.3 Å². The maximum absolute atomic E-state index is 12.5. The van der Waals surface area contributed by atoms with Gasteiger partial charge in [0.1, 0.15) is 12.5 Å². The van der Waals surface area contributed by atoms with Crippen LogP contribution in [0, 0.1) is 5.92 Å². The molecule has 2 aromatic carbocycles. The minimum atomic E-state index is -1.97. The molecule has 2 aliphatic rings. The van der Waals surface area contributed by atoms with Crippen molar-refractivity contribution in [3.05, 3.63) is 59.7 Å². The maximum Gasteiger partial charge on any atom is 0.544 e. The van der Waals surface area contributed by atoms with Crippen LogP contribution in [-0.4, -0.2) is 46.9 Å². The molecular weight excluding hydrogens is 410 g/mol. The molecule has 0 radical (unpaired) electrons. The molecule has 4 rings (SSSR count). The zero-order valence-electron chi connectivity index (χ0n) is 15.8. The van der Waals surface area contributed by atoms with Gasteiger partial charge in [-0.25, -0.2) is 9.59 Å². The van der Waals surface area contributed by atoms with Crippen LogP contribution < -0.4 is 0 Å². The minimum absolute atomic E-state index is 0.0113. The van der Waals surface area contributed by atoms with E-state index in [1.165, 1.54) is 0 Å². The summed E-state index contributed by atoms with van der Waals surface area (Å²) in [7, 11) is 0. The van der Waals surface area contributed by atoms with Crippen molar-refractivity contribution >= 4 is 30.1 Å². The highest BCUT2D eigenvalue weighted by Crippen LogP contribution is 2.44. The van der Waals surface area contributed by atoms with Gasteiger partial charge >= 0.3 is 18.3 Å². The first-order chi connectivity index (χ1) is 14.9. The number of fused-ring (bicyclic) bond motifs is 3. The molecule has 1 aliphatic carbocycles. The summed E-state index contributed by atoms with van der Waals surface area (Å²) in [5.74, 6) is -4.81. The number of carboxylic acid groups (broad SMARTS) is 1. The molecule has 1 N–H and O–H groups in total. The topological polar surface area (TPSA) is 137 Å². The van der Waals surface area contributed by atoms with Crippen molar-refractivity contribution in [2.45, 2.75) is 12.3 Å². The first-order valence-corrected chi connectivity index (χ1v) is 9.21. The van der Waals surface area contributed by atoms with Crippen molar-refractivity contribution in [3.8, 4) is 11.1 Å². The Morgan fingerprint density at radius 2 is 1.55 bits per heavy atom. The Kier molecular flexibility index (Phi) is 5.12. The molecule has 1 fully saturated rings. The number of carbonyl (C=O) groups is 5. The van der Waals surface area contributed by atoms with Crippen molar-refractivity contribution < 1.29 is 43.4 Å². The third kappa shape index (κ3) is 3.70. The van der Waals surface area contributed by atoms with Crippen LogP contribution in [0.25, 0.3) is 11.1 Å². The van der Waals surface area contributed by atoms with E-state index in [4.69, 9.17) is 9.84 Å². The van der Waals surface area contributed by atoms with Crippen LogP contribution in [0.2, 0.25) is 0 Å². The SMILES string of the molecule is O=C(O)OC(=O)ON1C(=O)CC(C(=O)OCC2c3ccccc3-c3ccccc32)C1=O. The van der Waals surface area contributed by atoms with Crippen LogP contribution in [-0.2, 0) is 28.7 Å². The van der Waals surface area contributed by atoms with Crippen LogP contribution in [0.5, 0.6) is 0 Å². The monoisotopic (exact) mass is 425 g/mol. The van der Waals surface area contributed by atoms with Crippen molar-refractivity contribution in [1.82, 2.24) is 5.06 Å². The van der Waals surface area contributed by atoms with E-state index < -0.39 is 42.4 Å². The van der Waals surface area contributed by atoms with Crippen LogP contribution in [0.4, 0.5) is 9.59 Å². The second-order valence-corrected chi connectivity index (χ2v) is 6.85. The lowest BCUT2D eigenvalue weighted by Crippen LogP contribution is -2.36. The first kappa shape index (κ1) is 20.1. The second kappa shape index (κ2) is 7.90. The molecule has 0 saturated carbocycles. The van der Waals surface area contributed by atoms with Gasteiger partial charge in [0.25, 0.3) is 11.8 Å². The Balaban J connectivity index is 1.44. The number of hydrogen-bond donors (Lipinski definition) is 1. The largest absolute Gasteiger partial charge is 0.544 e. The lowest BCUT2D eigenvalue weighted by atomic mass is 9.98. The van der Waals surface area contributed by atoms with E-state index in [1.807, 2.05) is 48.5 Å². The number of nitrogens with zero attached hydrogens (tertiary/aromatic N) is 1. The van der Waals surface area contributed by atoms with E-state index in [1.54, 1.807) is 0 Å². The molecule has 2 amide bonds. The highest BCUT2D eigenvalue weighted by Gasteiger charge is 2.47. The Morgan fingerprint density at radius 1 is 0.968 bits per heavy atom. The van der Waals surface area contributed by atoms with Gasteiger partial charge in [-0.1, -0.05) is 53.6 Å². The number of rotatable bonds is 4. The summed E-state index contributed by atoms with van der Waals surface area (Å²) in [4.78, 5) is 62.5. The van der Waals surface area contributed by atoms with E-state index in [2.05, 4.69) is 9.57 Å². The van der Waals surface area contributed by atoms with Gasteiger partial charge in [-0.3, -0.25) is 19.2 Å². The molecule has 1 unspecified atom stereocenters. The fourth-order valence-electron chi connectivity index (χ4n) is 3.76. The molecule has 0 spiro atoms. The zero-order chi connectivity index (χ0) is 22.1. The number of benzene rings is 2. The number of imide groups is 1. The quantitative estimate of drug-likeness (QED) is 0.445. The maximum atomic E-state index is 12.5. The number of hydrogen-bond acceptors (Lipinski definition) is 8. The average Bonchev–Trinajstić information content (AvgIpc) is 3.21. The van der Waals surface area contributed by atoms with Crippen molar-refractivity contribution in [2.24, 2.45) is 5.92 Å². The molecule has 2 aromatic rings. The first-order valence-electron chi connectivity index (χ1n) is 9.21. The number of carbonyl (C=O) groups excluding carboxylic acids is 4. The molecule has 10 nitrogen and oxygen atoms in total. The Morgan fingerprint density at radius 3 is 2.13 bits per heavy atom. The van der Waals surface area contributed by atoms with E-state index in [0.717, 1.165) is 22.3 Å². The van der Waals surface area contributed by atoms with Crippen LogP contribution >= 0.6 is 0 Å². The predicted octanol–water partition coefficient (Wildman–Crippen LogP) is 2.46. The van der Waals surface area contributed by atoms with E-state index >= 15 is 0 Å². The van der Waals surface area contributed by atoms with Gasteiger partial charge in [0.05, 0.1) is 6.42 Å². The van der Waals surface area contributed by atoms with Gasteiger partial charge in [0.2, 0.25) is 0 Å². The van der Waals surface area contributed by atoms with Gasteiger partial charge in [-0.2, -0.15) is 0 Å². The standard InChI is InChI=1S/C21H15NO9/c23-17-9-15(18(24)22(17)31-21(28)30-20(26)27)19(25)29-10-16-13-7-3-1-5-11(13)12-6-2-4-8-14(12)16/h1-8,15-16H,9-10H2,(H,26,27). The van der Waals surface area contributed by atoms with Gasteiger partial charge < -0.3 is 14.6 Å². The molecule has 0 aromatic heterocycles. The lowest BCUT2D eigenvalue weighted by molar-refractivity contribution is -0.178. The summed E-state index contributed by atoms with van der Waals surface area (Å²) in [6.45, 7) is -0.0489. The van der Waals surface area contributed by atoms with Crippen molar-refractivity contribution in [2.75, 3.05) is 6.61 Å². The summed E-state index contributed by atoms with van der Waals surface area (Å²) < 4.78 is 9.04. The number of amides is 2. The van der Waals surface area contributed by atoms with E-state index in [-0.39, 0.29) is 17.6 Å². The third-order valence-corrected chi connectivity index (χ3v) is 5.08. The minimum Gasteiger partial charge on any atom is -0.464 e. The van der Waals surface area contributed by atoms with Gasteiger partial charge in [-0.15, -0.1) is 0 Å². The molecule has 1 aliphatic heterocycles. The second-order valence-electron chi connectivity index (χ2n) is 6.85. The fraction of sp³-hybridized carbons (Fsp3) is 0.190. The van der Waals surface area contributed by atoms with Crippen LogP contribution in [0.15, 0.2) is 48.5 Å². The molecule has 1 atom stereocenters. The Hall–Kier alpha value is -4.21. The predicted molar refractivity (Wildman–Crippen MR) is 100 cm³/mol. The summed E-state index contributed by atoms with van der Waals surface area (Å²) in [5.41, 5.74) is 4.02. The van der Waals surface area contributed by atoms with Crippen molar-refractivity contribution in [1.29, 1.82) is 0 Å². The molecule has 10 heteroatoms. The summed E-state index contributed by atoms with van der Waals surface area (Å²) in [5, 5.41) is 8.37. The van der Waals surface area contributed by atoms with E-state index in [9.17, 15) is 24.0 Å². The Labute approximate surface area is 174 Å². The molecule has 1 heterocycles. The molecular formula is C21H15NO9. The summed E-state index contributed by atoms with van der Waals surface area (Å²) in [6.07, 6.45) is -4.34. The molecule has 158 valence electrons. The number of ether oxygens (including phenoxy) is 2. The summed E-state index contributed by atoms with van der Waals surface area (Å²) in [6, 6.07) is 15.4. The van der Waals surface area contributed by atoms with Crippen LogP contribution in [0.1, 0.15) is 23.5 Å². The average molecular weight is 425 g/mol. The Bertz CT molecular complexity index is 1060. The highest BCUT2D eigenvalue weighted by atomic mass is 16.9. The zero-order valence-corrected chi connectivity index (χ0v) is 15.8. The van der Waals surface area contributed by atoms with Gasteiger partial charge in [0, 0.05) is 5.92 Å². The molecule has 1 saturated heterocycles. The number of esters is 1. The normalized spacial score (nSPS) is 17.2. The third-order valence-electron chi connectivity index (χ3n) is 5.08. The highest BCUT2D eigenvalue weighted by molar-refractivity contribution is 6.12. The number of hydroxylamine groups is 2. The fourth-order valence-corrected chi connectivity index (χ4v) is 3.76. The van der Waals surface area contributed by atoms with E-state index in [0.29, 0.717) is 0 Å². The van der Waals surface area contributed by atoms with Crippen LogP contribution in [0.3, 0.4) is 0 Å². The van der Waals surface area contributed by atoms with Crippen molar-refractivity contribution in [3.63, 3.8) is 0 Å². The van der Waals surface area contributed by atoms with Gasteiger partial charge in [0.15, 0.2) is 0 Å². The lowest BCUT2D eigenvalue weighted by Gasteiger charge is -2.16. The smallest absolute Gasteiger partial charge is 0.464 e. The molecule has 31 heavy (non-hydrogen) atoms. The summed E-state index contributed by atoms with van der Waals surface area (Å²) >= 11 is 0.